The van der Waals surface area contributed by atoms with E-state index in [4.69, 9.17) is 9.15 Å². The Morgan fingerprint density at radius 2 is 1.71 bits per heavy atom. The van der Waals surface area contributed by atoms with Crippen molar-refractivity contribution in [2.75, 3.05) is 13.1 Å². The molecule has 0 aliphatic carbocycles. The van der Waals surface area contributed by atoms with Crippen molar-refractivity contribution in [1.82, 2.24) is 9.88 Å². The third-order valence-electron chi connectivity index (χ3n) is 5.87. The molecule has 3 aromatic carbocycles. The molecule has 172 valence electrons. The third-order valence-corrected chi connectivity index (χ3v) is 5.87. The van der Waals surface area contributed by atoms with Crippen molar-refractivity contribution >= 4 is 5.91 Å². The van der Waals surface area contributed by atoms with Crippen LogP contribution in [0.25, 0.3) is 22.8 Å². The number of oxazole rings is 1. The van der Waals surface area contributed by atoms with Gasteiger partial charge in [-0.1, -0.05) is 42.5 Å². The summed E-state index contributed by atoms with van der Waals surface area (Å²) < 4.78 is 38.7. The van der Waals surface area contributed by atoms with Crippen LogP contribution in [0.15, 0.2) is 83.4 Å². The molecule has 0 spiro atoms. The fraction of sp³-hybridized carbons (Fsp3) is 0.185. The maximum Gasteiger partial charge on any atom is 0.254 e. The van der Waals surface area contributed by atoms with E-state index < -0.39 is 11.6 Å². The number of halogens is 2. The fourth-order valence-corrected chi connectivity index (χ4v) is 4.09. The maximum atomic E-state index is 13.9. The molecule has 1 aromatic heterocycles. The monoisotopic (exact) mass is 460 g/mol. The molecule has 0 unspecified atom stereocenters. The maximum absolute atomic E-state index is 13.9. The third kappa shape index (κ3) is 4.55. The molecule has 1 fully saturated rings. The summed E-state index contributed by atoms with van der Waals surface area (Å²) in [6, 6.07) is 20.1. The van der Waals surface area contributed by atoms with E-state index in [2.05, 4.69) is 4.98 Å². The molecule has 7 heteroatoms. The number of piperidine rings is 1. The predicted molar refractivity (Wildman–Crippen MR) is 123 cm³/mol. The molecule has 0 saturated carbocycles. The van der Waals surface area contributed by atoms with Crippen molar-refractivity contribution in [1.29, 1.82) is 0 Å². The summed E-state index contributed by atoms with van der Waals surface area (Å²) in [5.74, 6) is -0.466. The van der Waals surface area contributed by atoms with E-state index in [0.717, 1.165) is 11.6 Å². The van der Waals surface area contributed by atoms with E-state index in [1.54, 1.807) is 17.2 Å². The van der Waals surface area contributed by atoms with Gasteiger partial charge in [-0.15, -0.1) is 0 Å². The molecule has 5 nitrogen and oxygen atoms in total. The Balaban J connectivity index is 1.29. The quantitative estimate of drug-likeness (QED) is 0.368. The van der Waals surface area contributed by atoms with Crippen LogP contribution < -0.4 is 4.74 Å². The van der Waals surface area contributed by atoms with Crippen molar-refractivity contribution < 1.29 is 22.7 Å². The van der Waals surface area contributed by atoms with Gasteiger partial charge in [0.15, 0.2) is 17.3 Å². The highest BCUT2D eigenvalue weighted by Gasteiger charge is 2.27. The topological polar surface area (TPSA) is 55.6 Å². The molecule has 1 aliphatic heterocycles. The summed E-state index contributed by atoms with van der Waals surface area (Å²) in [5, 5.41) is 0. The number of aromatic nitrogens is 1. The molecule has 5 rings (SSSR count). The number of carbonyl (C=O) groups excluding carboxylic acids is 1. The van der Waals surface area contributed by atoms with Crippen molar-refractivity contribution in [2.45, 2.75) is 18.9 Å². The van der Waals surface area contributed by atoms with E-state index in [1.807, 2.05) is 48.5 Å². The van der Waals surface area contributed by atoms with Gasteiger partial charge in [0.2, 0.25) is 5.89 Å². The van der Waals surface area contributed by atoms with E-state index in [-0.39, 0.29) is 17.8 Å². The van der Waals surface area contributed by atoms with Gasteiger partial charge in [0.1, 0.15) is 11.9 Å². The first kappa shape index (κ1) is 21.8. The number of hydrogen-bond acceptors (Lipinski definition) is 4. The zero-order valence-electron chi connectivity index (χ0n) is 18.3. The summed E-state index contributed by atoms with van der Waals surface area (Å²) in [6.45, 7) is 0.920. The highest BCUT2D eigenvalue weighted by atomic mass is 19.1. The van der Waals surface area contributed by atoms with Gasteiger partial charge >= 0.3 is 0 Å². The number of amides is 1. The molecule has 0 bridgehead atoms. The van der Waals surface area contributed by atoms with E-state index in [1.165, 1.54) is 12.1 Å². The molecule has 4 aromatic rings. The lowest BCUT2D eigenvalue weighted by Crippen LogP contribution is -2.42. The van der Waals surface area contributed by atoms with Crippen LogP contribution in [-0.4, -0.2) is 35.0 Å². The Labute approximate surface area is 195 Å². The van der Waals surface area contributed by atoms with Gasteiger partial charge in [0.05, 0.1) is 11.8 Å². The summed E-state index contributed by atoms with van der Waals surface area (Å²) >= 11 is 0. The Morgan fingerprint density at radius 3 is 2.47 bits per heavy atom. The van der Waals surface area contributed by atoms with Crippen molar-refractivity contribution in [3.8, 4) is 28.5 Å². The summed E-state index contributed by atoms with van der Waals surface area (Å²) in [4.78, 5) is 19.5. The lowest BCUT2D eigenvalue weighted by Gasteiger charge is -2.32. The Kier molecular flexibility index (Phi) is 6.08. The second-order valence-corrected chi connectivity index (χ2v) is 8.13. The standard InChI is InChI=1S/C27H22F2N2O3/c28-19-10-11-24(23(29)16-19)33-20-12-14-31(15-13-20)27(32)22-9-5-4-8-21(22)26-30-17-25(34-26)18-6-2-1-3-7-18/h1-11,16-17,20H,12-15H2. The number of hydrogen-bond donors (Lipinski definition) is 0. The van der Waals surface area contributed by atoms with Gasteiger partial charge < -0.3 is 14.1 Å². The Morgan fingerprint density at radius 1 is 0.971 bits per heavy atom. The summed E-state index contributed by atoms with van der Waals surface area (Å²) in [6.07, 6.45) is 2.49. The van der Waals surface area contributed by atoms with Crippen molar-refractivity contribution in [3.63, 3.8) is 0 Å². The number of ether oxygens (including phenoxy) is 1. The van der Waals surface area contributed by atoms with Gasteiger partial charge in [-0.25, -0.2) is 13.8 Å². The molecular weight excluding hydrogens is 438 g/mol. The first-order valence-corrected chi connectivity index (χ1v) is 11.1. The highest BCUT2D eigenvalue weighted by molar-refractivity contribution is 6.00. The van der Waals surface area contributed by atoms with Gasteiger partial charge in [0.25, 0.3) is 5.91 Å². The zero-order chi connectivity index (χ0) is 23.5. The zero-order valence-corrected chi connectivity index (χ0v) is 18.3. The minimum Gasteiger partial charge on any atom is -0.487 e. The van der Waals surface area contributed by atoms with Crippen LogP contribution in [0.5, 0.6) is 5.75 Å². The highest BCUT2D eigenvalue weighted by Crippen LogP contribution is 2.30. The van der Waals surface area contributed by atoms with E-state index in [0.29, 0.717) is 48.7 Å². The molecule has 1 amide bonds. The minimum absolute atomic E-state index is 0.0228. The van der Waals surface area contributed by atoms with E-state index >= 15 is 0 Å². The van der Waals surface area contributed by atoms with Crippen LogP contribution in [0, 0.1) is 11.6 Å². The van der Waals surface area contributed by atoms with Crippen molar-refractivity contribution in [3.05, 3.63) is 96.2 Å². The lowest BCUT2D eigenvalue weighted by molar-refractivity contribution is 0.0588. The van der Waals surface area contributed by atoms with Gasteiger partial charge in [-0.05, 0) is 24.3 Å². The number of rotatable bonds is 5. The molecule has 0 radical (unpaired) electrons. The van der Waals surface area contributed by atoms with Crippen LogP contribution in [0.2, 0.25) is 0 Å². The van der Waals surface area contributed by atoms with E-state index in [9.17, 15) is 13.6 Å². The number of benzene rings is 3. The second-order valence-electron chi connectivity index (χ2n) is 8.13. The van der Waals surface area contributed by atoms with Gasteiger partial charge in [-0.2, -0.15) is 0 Å². The summed E-state index contributed by atoms with van der Waals surface area (Å²) in [5.41, 5.74) is 2.04. The minimum atomic E-state index is -0.728. The Hall–Kier alpha value is -4.00. The number of carbonyl (C=O) groups is 1. The predicted octanol–water partition coefficient (Wildman–Crippen LogP) is 5.97. The Bertz CT molecular complexity index is 1300. The normalized spacial score (nSPS) is 14.2. The average molecular weight is 460 g/mol. The summed E-state index contributed by atoms with van der Waals surface area (Å²) in [7, 11) is 0. The average Bonchev–Trinajstić information content (AvgIpc) is 3.37. The van der Waals surface area contributed by atoms with Gasteiger partial charge in [0, 0.05) is 43.1 Å². The molecule has 2 heterocycles. The first-order chi connectivity index (χ1) is 16.6. The second kappa shape index (κ2) is 9.47. The van der Waals surface area contributed by atoms with Crippen molar-refractivity contribution in [2.24, 2.45) is 0 Å². The van der Waals surface area contributed by atoms with Crippen LogP contribution in [0.1, 0.15) is 23.2 Å². The van der Waals surface area contributed by atoms with Crippen LogP contribution >= 0.6 is 0 Å². The van der Waals surface area contributed by atoms with Crippen LogP contribution in [0.4, 0.5) is 8.78 Å². The lowest BCUT2D eigenvalue weighted by atomic mass is 10.0. The molecular formula is C27H22F2N2O3. The number of likely N-dealkylation sites (tertiary alicyclic amines) is 1. The molecule has 34 heavy (non-hydrogen) atoms. The molecule has 0 atom stereocenters. The largest absolute Gasteiger partial charge is 0.487 e. The number of nitrogens with zero attached hydrogens (tertiary/aromatic N) is 2. The van der Waals surface area contributed by atoms with Gasteiger partial charge in [-0.3, -0.25) is 4.79 Å². The molecule has 0 N–H and O–H groups in total. The SMILES string of the molecule is O=C(c1ccccc1-c1ncc(-c2ccccc2)o1)N1CCC(Oc2ccc(F)cc2F)CC1. The first-order valence-electron chi connectivity index (χ1n) is 11.1. The fourth-order valence-electron chi connectivity index (χ4n) is 4.09. The molecule has 1 saturated heterocycles. The van der Waals surface area contributed by atoms with Crippen LogP contribution in [0.3, 0.4) is 0 Å². The van der Waals surface area contributed by atoms with Crippen LogP contribution in [-0.2, 0) is 0 Å². The smallest absolute Gasteiger partial charge is 0.254 e. The molecule has 1 aliphatic rings.